The van der Waals surface area contributed by atoms with E-state index in [-0.39, 0.29) is 11.8 Å². The number of hydrogen-bond acceptors (Lipinski definition) is 3. The van der Waals surface area contributed by atoms with Crippen LogP contribution in [-0.2, 0) is 9.59 Å². The summed E-state index contributed by atoms with van der Waals surface area (Å²) in [5.74, 6) is -1.90. The lowest BCUT2D eigenvalue weighted by atomic mass is 10.1. The molecule has 0 radical (unpaired) electrons. The molecule has 1 aliphatic carbocycles. The van der Waals surface area contributed by atoms with Crippen LogP contribution in [0.15, 0.2) is 0 Å². The SMILES string of the molecule is CN(C)CCCNC(=O)[C@H]1[C@H](C(=O)O)C1(C)C. The second-order valence-corrected chi connectivity index (χ2v) is 5.56. The average molecular weight is 242 g/mol. The monoisotopic (exact) mass is 242 g/mol. The van der Waals surface area contributed by atoms with E-state index in [1.54, 1.807) is 0 Å². The third kappa shape index (κ3) is 3.19. The molecular formula is C12H22N2O3. The molecule has 17 heavy (non-hydrogen) atoms. The third-order valence-corrected chi connectivity index (χ3v) is 3.46. The molecule has 2 atom stereocenters. The van der Waals surface area contributed by atoms with Crippen LogP contribution < -0.4 is 5.32 Å². The van der Waals surface area contributed by atoms with E-state index in [4.69, 9.17) is 5.11 Å². The number of carboxylic acids is 1. The standard InChI is InChI=1S/C12H22N2O3/c1-12(2)8(9(12)11(16)17)10(15)13-6-5-7-14(3)4/h8-9H,5-7H2,1-4H3,(H,13,15)(H,16,17)/t8-,9-/m1/s1. The van der Waals surface area contributed by atoms with Gasteiger partial charge in [0, 0.05) is 6.54 Å². The third-order valence-electron chi connectivity index (χ3n) is 3.46. The maximum atomic E-state index is 11.8. The van der Waals surface area contributed by atoms with Crippen LogP contribution in [0, 0.1) is 17.3 Å². The second-order valence-electron chi connectivity index (χ2n) is 5.56. The van der Waals surface area contributed by atoms with E-state index < -0.39 is 17.3 Å². The Kier molecular flexibility index (Phi) is 4.14. The summed E-state index contributed by atoms with van der Waals surface area (Å²) >= 11 is 0. The number of aliphatic carboxylic acids is 1. The van der Waals surface area contributed by atoms with E-state index in [0.717, 1.165) is 13.0 Å². The minimum Gasteiger partial charge on any atom is -0.481 e. The zero-order chi connectivity index (χ0) is 13.2. The fourth-order valence-corrected chi connectivity index (χ4v) is 2.30. The van der Waals surface area contributed by atoms with E-state index in [1.807, 2.05) is 32.8 Å². The van der Waals surface area contributed by atoms with Crippen molar-refractivity contribution in [2.75, 3.05) is 27.2 Å². The lowest BCUT2D eigenvalue weighted by Crippen LogP contribution is -2.30. The number of nitrogens with zero attached hydrogens (tertiary/aromatic N) is 1. The smallest absolute Gasteiger partial charge is 0.307 e. The van der Waals surface area contributed by atoms with Gasteiger partial charge in [-0.3, -0.25) is 9.59 Å². The number of carboxylic acid groups (broad SMARTS) is 1. The molecule has 0 unspecified atom stereocenters. The molecular weight excluding hydrogens is 220 g/mol. The Labute approximate surface area is 102 Å². The van der Waals surface area contributed by atoms with Gasteiger partial charge in [0.15, 0.2) is 0 Å². The highest BCUT2D eigenvalue weighted by Gasteiger charge is 2.65. The molecule has 0 aromatic rings. The van der Waals surface area contributed by atoms with Crippen molar-refractivity contribution in [1.82, 2.24) is 10.2 Å². The van der Waals surface area contributed by atoms with Crippen molar-refractivity contribution in [3.8, 4) is 0 Å². The number of rotatable bonds is 6. The first-order valence-corrected chi connectivity index (χ1v) is 5.93. The van der Waals surface area contributed by atoms with Crippen molar-refractivity contribution >= 4 is 11.9 Å². The van der Waals surface area contributed by atoms with Gasteiger partial charge in [-0.25, -0.2) is 0 Å². The van der Waals surface area contributed by atoms with Crippen LogP contribution >= 0.6 is 0 Å². The minimum absolute atomic E-state index is 0.124. The highest BCUT2D eigenvalue weighted by Crippen LogP contribution is 2.58. The summed E-state index contributed by atoms with van der Waals surface area (Å²) < 4.78 is 0. The van der Waals surface area contributed by atoms with Crippen molar-refractivity contribution in [3.63, 3.8) is 0 Å². The predicted molar refractivity (Wildman–Crippen MR) is 64.6 cm³/mol. The van der Waals surface area contributed by atoms with E-state index in [9.17, 15) is 9.59 Å². The van der Waals surface area contributed by atoms with Gasteiger partial charge >= 0.3 is 5.97 Å². The Hall–Kier alpha value is -1.10. The molecule has 5 nitrogen and oxygen atoms in total. The van der Waals surface area contributed by atoms with Crippen LogP contribution in [0.1, 0.15) is 20.3 Å². The number of carbonyl (C=O) groups is 2. The molecule has 1 rings (SSSR count). The molecule has 1 fully saturated rings. The van der Waals surface area contributed by atoms with Gasteiger partial charge in [0.1, 0.15) is 0 Å². The molecule has 0 aliphatic heterocycles. The Morgan fingerprint density at radius 1 is 1.29 bits per heavy atom. The second kappa shape index (κ2) is 5.04. The van der Waals surface area contributed by atoms with E-state index >= 15 is 0 Å². The first kappa shape index (κ1) is 14.0. The van der Waals surface area contributed by atoms with Gasteiger partial charge in [-0.2, -0.15) is 0 Å². The Bertz CT molecular complexity index is 313. The van der Waals surface area contributed by atoms with Crippen LogP contribution in [0.2, 0.25) is 0 Å². The van der Waals surface area contributed by atoms with Crippen LogP contribution in [0.4, 0.5) is 0 Å². The van der Waals surface area contributed by atoms with E-state index in [1.165, 1.54) is 0 Å². The Balaban J connectivity index is 2.33. The van der Waals surface area contributed by atoms with Gasteiger partial charge < -0.3 is 15.3 Å². The van der Waals surface area contributed by atoms with Crippen molar-refractivity contribution in [1.29, 1.82) is 0 Å². The Morgan fingerprint density at radius 2 is 1.88 bits per heavy atom. The molecule has 0 saturated heterocycles. The van der Waals surface area contributed by atoms with E-state index in [0.29, 0.717) is 6.54 Å². The maximum Gasteiger partial charge on any atom is 0.307 e. The molecule has 0 aromatic heterocycles. The first-order valence-electron chi connectivity index (χ1n) is 5.93. The summed E-state index contributed by atoms with van der Waals surface area (Å²) in [5.41, 5.74) is -0.405. The molecule has 1 saturated carbocycles. The molecule has 0 heterocycles. The summed E-state index contributed by atoms with van der Waals surface area (Å²) in [6.45, 7) is 5.18. The summed E-state index contributed by atoms with van der Waals surface area (Å²) in [6.07, 6.45) is 0.879. The molecule has 1 aliphatic rings. The Morgan fingerprint density at radius 3 is 2.29 bits per heavy atom. The zero-order valence-corrected chi connectivity index (χ0v) is 11.0. The molecule has 98 valence electrons. The van der Waals surface area contributed by atoms with Crippen LogP contribution in [0.25, 0.3) is 0 Å². The molecule has 0 spiro atoms. The van der Waals surface area contributed by atoms with Crippen molar-refractivity contribution < 1.29 is 14.7 Å². The topological polar surface area (TPSA) is 69.6 Å². The molecule has 5 heteroatoms. The van der Waals surface area contributed by atoms with Gasteiger partial charge in [-0.05, 0) is 32.5 Å². The van der Waals surface area contributed by atoms with Crippen LogP contribution in [-0.4, -0.2) is 49.1 Å². The minimum atomic E-state index is -0.872. The number of hydrogen-bond donors (Lipinski definition) is 2. The summed E-state index contributed by atoms with van der Waals surface area (Å²) in [7, 11) is 3.96. The highest BCUT2D eigenvalue weighted by molar-refractivity contribution is 5.91. The zero-order valence-electron chi connectivity index (χ0n) is 11.0. The number of nitrogens with one attached hydrogen (secondary N) is 1. The lowest BCUT2D eigenvalue weighted by molar-refractivity contribution is -0.140. The van der Waals surface area contributed by atoms with Gasteiger partial charge in [-0.15, -0.1) is 0 Å². The summed E-state index contributed by atoms with van der Waals surface area (Å²) in [6, 6.07) is 0. The van der Waals surface area contributed by atoms with Crippen LogP contribution in [0.3, 0.4) is 0 Å². The average Bonchev–Trinajstić information content (AvgIpc) is 2.76. The molecule has 2 N–H and O–H groups in total. The van der Waals surface area contributed by atoms with Gasteiger partial charge in [0.2, 0.25) is 5.91 Å². The highest BCUT2D eigenvalue weighted by atomic mass is 16.4. The number of carbonyl (C=O) groups excluding carboxylic acids is 1. The quantitative estimate of drug-likeness (QED) is 0.662. The lowest BCUT2D eigenvalue weighted by Gasteiger charge is -2.10. The maximum absolute atomic E-state index is 11.8. The molecule has 0 bridgehead atoms. The van der Waals surface area contributed by atoms with Gasteiger partial charge in [-0.1, -0.05) is 13.8 Å². The van der Waals surface area contributed by atoms with Gasteiger partial charge in [0.25, 0.3) is 0 Å². The van der Waals surface area contributed by atoms with E-state index in [2.05, 4.69) is 5.32 Å². The number of amides is 1. The largest absolute Gasteiger partial charge is 0.481 e. The summed E-state index contributed by atoms with van der Waals surface area (Å²) in [4.78, 5) is 24.8. The van der Waals surface area contributed by atoms with Crippen molar-refractivity contribution in [2.45, 2.75) is 20.3 Å². The fourth-order valence-electron chi connectivity index (χ4n) is 2.30. The fraction of sp³-hybridized carbons (Fsp3) is 0.833. The summed E-state index contributed by atoms with van der Waals surface area (Å²) in [5, 5.41) is 11.8. The molecule has 1 amide bonds. The van der Waals surface area contributed by atoms with Gasteiger partial charge in [0.05, 0.1) is 11.8 Å². The first-order chi connectivity index (χ1) is 7.78. The normalized spacial score (nSPS) is 25.7. The van der Waals surface area contributed by atoms with Crippen molar-refractivity contribution in [2.24, 2.45) is 17.3 Å². The predicted octanol–water partition coefficient (Wildman–Crippen LogP) is 0.411. The van der Waals surface area contributed by atoms with Crippen molar-refractivity contribution in [3.05, 3.63) is 0 Å². The molecule has 0 aromatic carbocycles. The van der Waals surface area contributed by atoms with Crippen LogP contribution in [0.5, 0.6) is 0 Å².